The van der Waals surface area contributed by atoms with Crippen molar-refractivity contribution >= 4 is 11.9 Å². The van der Waals surface area contributed by atoms with Crippen LogP contribution in [-0.2, 0) is 23.9 Å². The second kappa shape index (κ2) is 9.49. The summed E-state index contributed by atoms with van der Waals surface area (Å²) in [5.74, 6) is -1.13. The number of ether oxygens (including phenoxy) is 2. The molecule has 0 aromatic heterocycles. The highest BCUT2D eigenvalue weighted by Crippen LogP contribution is 2.07. The van der Waals surface area contributed by atoms with Crippen LogP contribution >= 0.6 is 0 Å². The van der Waals surface area contributed by atoms with E-state index in [9.17, 15) is 9.59 Å². The van der Waals surface area contributed by atoms with Gasteiger partial charge in [0, 0.05) is 18.7 Å². The van der Waals surface area contributed by atoms with Gasteiger partial charge in [0.15, 0.2) is 0 Å². The third-order valence-electron chi connectivity index (χ3n) is 2.69. The average molecular weight is 300 g/mol. The summed E-state index contributed by atoms with van der Waals surface area (Å²) >= 11 is 0. The normalized spacial score (nSPS) is 19.9. The van der Waals surface area contributed by atoms with E-state index in [1.807, 2.05) is 25.9 Å². The van der Waals surface area contributed by atoms with Crippen LogP contribution in [0.1, 0.15) is 13.3 Å². The van der Waals surface area contributed by atoms with E-state index in [0.717, 1.165) is 25.1 Å². The average Bonchev–Trinajstić information content (AvgIpc) is 2.42. The summed E-state index contributed by atoms with van der Waals surface area (Å²) in [4.78, 5) is 30.0. The minimum absolute atomic E-state index is 0.0000454. The molecule has 0 aliphatic carbocycles. The van der Waals surface area contributed by atoms with Crippen LogP contribution in [0.2, 0.25) is 0 Å². The summed E-state index contributed by atoms with van der Waals surface area (Å²) < 4.78 is 10.4. The topological polar surface area (TPSA) is 68.3 Å². The van der Waals surface area contributed by atoms with Crippen molar-refractivity contribution in [1.82, 2.24) is 9.96 Å². The minimum Gasteiger partial charge on any atom is -0.463 e. The summed E-state index contributed by atoms with van der Waals surface area (Å²) in [6.07, 6.45) is 2.90. The maximum Gasteiger partial charge on any atom is 0.349 e. The molecule has 0 bridgehead atoms. The molecule has 120 valence electrons. The van der Waals surface area contributed by atoms with E-state index < -0.39 is 11.9 Å². The largest absolute Gasteiger partial charge is 0.463 e. The van der Waals surface area contributed by atoms with Crippen LogP contribution in [0.15, 0.2) is 12.2 Å². The molecule has 0 aromatic carbocycles. The zero-order valence-corrected chi connectivity index (χ0v) is 12.9. The van der Waals surface area contributed by atoms with Gasteiger partial charge in [0.05, 0.1) is 32.4 Å². The third-order valence-corrected chi connectivity index (χ3v) is 2.69. The highest BCUT2D eigenvalue weighted by Gasteiger charge is 2.23. The van der Waals surface area contributed by atoms with Crippen molar-refractivity contribution in [2.75, 3.05) is 46.9 Å². The van der Waals surface area contributed by atoms with E-state index in [0.29, 0.717) is 26.3 Å². The lowest BCUT2D eigenvalue weighted by Gasteiger charge is -2.32. The summed E-state index contributed by atoms with van der Waals surface area (Å²) in [5, 5.41) is 1.56. The fourth-order valence-corrected chi connectivity index (χ4v) is 1.84. The molecule has 0 radical (unpaired) electrons. The molecule has 7 heteroatoms. The third kappa shape index (κ3) is 7.79. The summed E-state index contributed by atoms with van der Waals surface area (Å²) in [6, 6.07) is 0. The van der Waals surface area contributed by atoms with E-state index >= 15 is 0 Å². The van der Waals surface area contributed by atoms with Crippen molar-refractivity contribution in [3.05, 3.63) is 12.2 Å². The van der Waals surface area contributed by atoms with Gasteiger partial charge in [0.1, 0.15) is 0 Å². The van der Waals surface area contributed by atoms with Gasteiger partial charge in [-0.25, -0.2) is 9.59 Å². The Morgan fingerprint density at radius 3 is 2.71 bits per heavy atom. The molecule has 1 heterocycles. The Hall–Kier alpha value is -1.44. The van der Waals surface area contributed by atoms with Gasteiger partial charge in [-0.1, -0.05) is 6.92 Å². The fourth-order valence-electron chi connectivity index (χ4n) is 1.84. The molecule has 0 amide bonds. The Bertz CT molecular complexity index is 370. The lowest BCUT2D eigenvalue weighted by atomic mass is 10.3. The number of hydroxylamine groups is 2. The van der Waals surface area contributed by atoms with Gasteiger partial charge in [-0.3, -0.25) is 0 Å². The van der Waals surface area contributed by atoms with E-state index in [2.05, 4.69) is 0 Å². The van der Waals surface area contributed by atoms with Gasteiger partial charge < -0.3 is 19.2 Å². The molecule has 0 saturated carbocycles. The van der Waals surface area contributed by atoms with Crippen molar-refractivity contribution in [2.24, 2.45) is 0 Å². The minimum atomic E-state index is -0.589. The molecule has 1 aliphatic heterocycles. The molecule has 1 unspecified atom stereocenters. The van der Waals surface area contributed by atoms with Gasteiger partial charge in [-0.15, -0.1) is 5.06 Å². The number of hydrogen-bond donors (Lipinski definition) is 0. The van der Waals surface area contributed by atoms with Crippen LogP contribution in [-0.4, -0.2) is 74.9 Å². The van der Waals surface area contributed by atoms with Crippen LogP contribution in [0.3, 0.4) is 0 Å². The van der Waals surface area contributed by atoms with Gasteiger partial charge in [-0.05, 0) is 20.5 Å². The number of esters is 1. The Kier molecular flexibility index (Phi) is 7.96. The smallest absolute Gasteiger partial charge is 0.349 e. The first-order valence-electron chi connectivity index (χ1n) is 7.09. The van der Waals surface area contributed by atoms with Crippen molar-refractivity contribution in [3.8, 4) is 0 Å². The number of carbonyl (C=O) groups excluding carboxylic acids is 2. The van der Waals surface area contributed by atoms with E-state index in [-0.39, 0.29) is 6.10 Å². The molecule has 1 rings (SSSR count). The molecule has 1 aliphatic rings. The molecule has 1 saturated heterocycles. The van der Waals surface area contributed by atoms with Crippen LogP contribution < -0.4 is 0 Å². The fraction of sp³-hybridized carbons (Fsp3) is 0.714. The van der Waals surface area contributed by atoms with Crippen molar-refractivity contribution < 1.29 is 23.9 Å². The van der Waals surface area contributed by atoms with Crippen molar-refractivity contribution in [3.63, 3.8) is 0 Å². The van der Waals surface area contributed by atoms with Crippen molar-refractivity contribution in [2.45, 2.75) is 19.4 Å². The SMILES string of the molecule is CCCOC(=O)/C=C/C(=O)ON1CCOC(CN(C)C)C1. The van der Waals surface area contributed by atoms with Crippen LogP contribution in [0, 0.1) is 0 Å². The Morgan fingerprint density at radius 2 is 2.05 bits per heavy atom. The number of nitrogens with zero attached hydrogens (tertiary/aromatic N) is 2. The highest BCUT2D eigenvalue weighted by molar-refractivity contribution is 5.91. The molecule has 21 heavy (non-hydrogen) atoms. The predicted octanol–water partition coefficient (Wildman–Crippen LogP) is 0.216. The molecule has 0 aromatic rings. The van der Waals surface area contributed by atoms with Gasteiger partial charge in [-0.2, -0.15) is 0 Å². The second-order valence-corrected chi connectivity index (χ2v) is 5.05. The van der Waals surface area contributed by atoms with Crippen LogP contribution in [0.25, 0.3) is 0 Å². The first-order chi connectivity index (χ1) is 10.0. The molecule has 1 atom stereocenters. The first kappa shape index (κ1) is 17.6. The van der Waals surface area contributed by atoms with E-state index in [1.165, 1.54) is 0 Å². The first-order valence-corrected chi connectivity index (χ1v) is 7.09. The lowest BCUT2D eigenvalue weighted by Crippen LogP contribution is -2.46. The Balaban J connectivity index is 2.33. The molecule has 7 nitrogen and oxygen atoms in total. The van der Waals surface area contributed by atoms with Crippen molar-refractivity contribution in [1.29, 1.82) is 0 Å². The van der Waals surface area contributed by atoms with Gasteiger partial charge in [0.25, 0.3) is 0 Å². The predicted molar refractivity (Wildman–Crippen MR) is 76.3 cm³/mol. The zero-order chi connectivity index (χ0) is 15.7. The van der Waals surface area contributed by atoms with E-state index in [1.54, 1.807) is 5.06 Å². The van der Waals surface area contributed by atoms with Gasteiger partial charge in [0.2, 0.25) is 0 Å². The maximum absolute atomic E-state index is 11.6. The molecular formula is C14H24N2O5. The number of rotatable bonds is 7. The number of morpholine rings is 1. The molecule has 0 spiro atoms. The summed E-state index contributed by atoms with van der Waals surface area (Å²) in [5.41, 5.74) is 0. The summed E-state index contributed by atoms with van der Waals surface area (Å²) in [7, 11) is 3.91. The summed E-state index contributed by atoms with van der Waals surface area (Å²) in [6.45, 7) is 4.53. The Morgan fingerprint density at radius 1 is 1.33 bits per heavy atom. The number of carbonyl (C=O) groups is 2. The second-order valence-electron chi connectivity index (χ2n) is 5.05. The molecule has 1 fully saturated rings. The quantitative estimate of drug-likeness (QED) is 0.492. The zero-order valence-electron chi connectivity index (χ0n) is 12.9. The number of likely N-dealkylation sites (N-methyl/N-ethyl adjacent to an activating group) is 1. The molecule has 0 N–H and O–H groups in total. The Labute approximate surface area is 125 Å². The van der Waals surface area contributed by atoms with E-state index in [4.69, 9.17) is 14.3 Å². The van der Waals surface area contributed by atoms with Gasteiger partial charge >= 0.3 is 11.9 Å². The number of hydrogen-bond acceptors (Lipinski definition) is 7. The molecular weight excluding hydrogens is 276 g/mol. The maximum atomic E-state index is 11.6. The van der Waals surface area contributed by atoms with Crippen LogP contribution in [0.5, 0.6) is 0 Å². The monoisotopic (exact) mass is 300 g/mol. The standard InChI is InChI=1S/C14H24N2O5/c1-4-8-20-13(17)5-6-14(18)21-16-7-9-19-12(11-16)10-15(2)3/h5-6,12H,4,7-11H2,1-3H3/b6-5+. The van der Waals surface area contributed by atoms with Crippen LogP contribution in [0.4, 0.5) is 0 Å². The lowest BCUT2D eigenvalue weighted by molar-refractivity contribution is -0.210. The highest BCUT2D eigenvalue weighted by atomic mass is 16.7.